The van der Waals surface area contributed by atoms with E-state index >= 15 is 0 Å². The Labute approximate surface area is 140 Å². The number of rotatable bonds is 4. The standard InChI is InChI=1S/C19H17N3O2/c20-12-9-15-1-3-16(4-2-15)17-10-13-21(14-11-17)18-5-7-19(8-6-18)22(23)24/h1-8,10H,9,11,13-14H2. The van der Waals surface area contributed by atoms with Crippen molar-refractivity contribution < 1.29 is 4.92 Å². The zero-order valence-corrected chi connectivity index (χ0v) is 13.2. The topological polar surface area (TPSA) is 70.2 Å². The molecule has 3 rings (SSSR count). The molecule has 0 radical (unpaired) electrons. The van der Waals surface area contributed by atoms with E-state index in [1.807, 2.05) is 12.1 Å². The molecular weight excluding hydrogens is 302 g/mol. The van der Waals surface area contributed by atoms with Crippen molar-refractivity contribution in [2.45, 2.75) is 12.8 Å². The fourth-order valence-electron chi connectivity index (χ4n) is 2.88. The summed E-state index contributed by atoms with van der Waals surface area (Å²) in [5.41, 5.74) is 4.64. The van der Waals surface area contributed by atoms with Gasteiger partial charge in [-0.1, -0.05) is 30.3 Å². The van der Waals surface area contributed by atoms with Crippen LogP contribution in [-0.4, -0.2) is 18.0 Å². The molecule has 2 aromatic rings. The first kappa shape index (κ1) is 15.8. The zero-order valence-electron chi connectivity index (χ0n) is 13.2. The maximum atomic E-state index is 10.7. The highest BCUT2D eigenvalue weighted by molar-refractivity contribution is 5.69. The lowest BCUT2D eigenvalue weighted by atomic mass is 9.97. The van der Waals surface area contributed by atoms with Gasteiger partial charge in [0, 0.05) is 30.9 Å². The van der Waals surface area contributed by atoms with Crippen LogP contribution in [0.5, 0.6) is 0 Å². The van der Waals surface area contributed by atoms with Gasteiger partial charge < -0.3 is 4.90 Å². The maximum Gasteiger partial charge on any atom is 0.269 e. The smallest absolute Gasteiger partial charge is 0.269 e. The van der Waals surface area contributed by atoms with Gasteiger partial charge in [-0.05, 0) is 35.3 Å². The van der Waals surface area contributed by atoms with Crippen molar-refractivity contribution in [1.29, 1.82) is 5.26 Å². The van der Waals surface area contributed by atoms with E-state index in [9.17, 15) is 10.1 Å². The lowest BCUT2D eigenvalue weighted by Gasteiger charge is -2.28. The van der Waals surface area contributed by atoms with Gasteiger partial charge in [-0.15, -0.1) is 0 Å². The van der Waals surface area contributed by atoms with E-state index in [0.717, 1.165) is 30.8 Å². The second-order valence-corrected chi connectivity index (χ2v) is 5.73. The minimum Gasteiger partial charge on any atom is -0.367 e. The Bertz CT molecular complexity index is 802. The largest absolute Gasteiger partial charge is 0.367 e. The van der Waals surface area contributed by atoms with Gasteiger partial charge in [0.1, 0.15) is 0 Å². The second-order valence-electron chi connectivity index (χ2n) is 5.73. The quantitative estimate of drug-likeness (QED) is 0.632. The van der Waals surface area contributed by atoms with Crippen molar-refractivity contribution in [3.8, 4) is 6.07 Å². The molecule has 120 valence electrons. The molecular formula is C19H17N3O2. The van der Waals surface area contributed by atoms with Crippen LogP contribution in [0.3, 0.4) is 0 Å². The van der Waals surface area contributed by atoms with Gasteiger partial charge >= 0.3 is 0 Å². The first-order chi connectivity index (χ1) is 11.7. The number of anilines is 1. The predicted octanol–water partition coefficient (Wildman–Crippen LogP) is 3.95. The lowest BCUT2D eigenvalue weighted by molar-refractivity contribution is -0.384. The molecule has 0 aromatic heterocycles. The Hall–Kier alpha value is -3.13. The molecule has 1 heterocycles. The van der Waals surface area contributed by atoms with Gasteiger partial charge in [-0.25, -0.2) is 0 Å². The molecule has 1 aliphatic heterocycles. The summed E-state index contributed by atoms with van der Waals surface area (Å²) in [6.45, 7) is 1.66. The van der Waals surface area contributed by atoms with Gasteiger partial charge in [0.15, 0.2) is 0 Å². The number of hydrogen-bond acceptors (Lipinski definition) is 4. The fourth-order valence-corrected chi connectivity index (χ4v) is 2.88. The summed E-state index contributed by atoms with van der Waals surface area (Å²) < 4.78 is 0. The SMILES string of the molecule is N#CCc1ccc(C2=CCN(c3ccc([N+](=O)[O-])cc3)CC2)cc1. The number of nitriles is 1. The Kier molecular flexibility index (Phi) is 4.57. The molecule has 0 saturated carbocycles. The fraction of sp³-hybridized carbons (Fsp3) is 0.211. The second kappa shape index (κ2) is 6.97. The summed E-state index contributed by atoms with van der Waals surface area (Å²) in [7, 11) is 0. The van der Waals surface area contributed by atoms with Crippen LogP contribution in [0.4, 0.5) is 11.4 Å². The Balaban J connectivity index is 1.69. The third-order valence-electron chi connectivity index (χ3n) is 4.24. The average molecular weight is 319 g/mol. The van der Waals surface area contributed by atoms with Crippen molar-refractivity contribution in [2.24, 2.45) is 0 Å². The summed E-state index contributed by atoms with van der Waals surface area (Å²) in [4.78, 5) is 12.5. The van der Waals surface area contributed by atoms with E-state index in [2.05, 4.69) is 29.2 Å². The molecule has 0 saturated heterocycles. The van der Waals surface area contributed by atoms with Crippen LogP contribution in [0.15, 0.2) is 54.6 Å². The highest BCUT2D eigenvalue weighted by Gasteiger charge is 2.14. The van der Waals surface area contributed by atoms with E-state index in [1.165, 1.54) is 11.1 Å². The first-order valence-electron chi connectivity index (χ1n) is 7.82. The van der Waals surface area contributed by atoms with E-state index in [4.69, 9.17) is 5.26 Å². The van der Waals surface area contributed by atoms with Crippen LogP contribution in [0.2, 0.25) is 0 Å². The molecule has 0 amide bonds. The van der Waals surface area contributed by atoms with Crippen LogP contribution in [-0.2, 0) is 6.42 Å². The van der Waals surface area contributed by atoms with Crippen LogP contribution in [0.1, 0.15) is 17.5 Å². The van der Waals surface area contributed by atoms with E-state index < -0.39 is 0 Å². The van der Waals surface area contributed by atoms with Crippen LogP contribution in [0, 0.1) is 21.4 Å². The normalized spacial score (nSPS) is 14.0. The summed E-state index contributed by atoms with van der Waals surface area (Å²) in [6.07, 6.45) is 3.56. The molecule has 0 aliphatic carbocycles. The number of benzene rings is 2. The molecule has 5 heteroatoms. The summed E-state index contributed by atoms with van der Waals surface area (Å²) in [5, 5.41) is 19.4. The summed E-state index contributed by atoms with van der Waals surface area (Å²) >= 11 is 0. The van der Waals surface area contributed by atoms with E-state index in [0.29, 0.717) is 6.42 Å². The van der Waals surface area contributed by atoms with Gasteiger partial charge in [0.25, 0.3) is 5.69 Å². The third kappa shape index (κ3) is 3.44. The number of nitro groups is 1. The van der Waals surface area contributed by atoms with Gasteiger partial charge in [0.2, 0.25) is 0 Å². The predicted molar refractivity (Wildman–Crippen MR) is 93.7 cm³/mol. The molecule has 0 N–H and O–H groups in total. The molecule has 0 bridgehead atoms. The average Bonchev–Trinajstić information content (AvgIpc) is 2.63. The van der Waals surface area contributed by atoms with Gasteiger partial charge in [0.05, 0.1) is 17.4 Å². The highest BCUT2D eigenvalue weighted by atomic mass is 16.6. The minimum absolute atomic E-state index is 0.115. The van der Waals surface area contributed by atoms with Crippen molar-refractivity contribution in [3.05, 3.63) is 75.8 Å². The lowest BCUT2D eigenvalue weighted by Crippen LogP contribution is -2.28. The van der Waals surface area contributed by atoms with Crippen LogP contribution < -0.4 is 4.90 Å². The Morgan fingerprint density at radius 3 is 2.38 bits per heavy atom. The summed E-state index contributed by atoms with van der Waals surface area (Å²) in [6, 6.07) is 17.0. The molecule has 2 aromatic carbocycles. The first-order valence-corrected chi connectivity index (χ1v) is 7.82. The number of nitro benzene ring substituents is 1. The van der Waals surface area contributed by atoms with Crippen LogP contribution in [0.25, 0.3) is 5.57 Å². The van der Waals surface area contributed by atoms with Gasteiger partial charge in [-0.3, -0.25) is 10.1 Å². The zero-order chi connectivity index (χ0) is 16.9. The number of nitrogens with zero attached hydrogens (tertiary/aromatic N) is 3. The minimum atomic E-state index is -0.381. The molecule has 5 nitrogen and oxygen atoms in total. The third-order valence-corrected chi connectivity index (χ3v) is 4.24. The molecule has 1 aliphatic rings. The van der Waals surface area contributed by atoms with Crippen molar-refractivity contribution in [3.63, 3.8) is 0 Å². The maximum absolute atomic E-state index is 10.7. The molecule has 0 spiro atoms. The van der Waals surface area contributed by atoms with Crippen molar-refractivity contribution >= 4 is 16.9 Å². The molecule has 0 unspecified atom stereocenters. The van der Waals surface area contributed by atoms with E-state index in [1.54, 1.807) is 24.3 Å². The highest BCUT2D eigenvalue weighted by Crippen LogP contribution is 2.27. The van der Waals surface area contributed by atoms with E-state index in [-0.39, 0.29) is 10.6 Å². The Morgan fingerprint density at radius 1 is 1.12 bits per heavy atom. The number of non-ortho nitro benzene ring substituents is 1. The van der Waals surface area contributed by atoms with Crippen molar-refractivity contribution in [1.82, 2.24) is 0 Å². The molecule has 0 atom stereocenters. The Morgan fingerprint density at radius 2 is 1.83 bits per heavy atom. The van der Waals surface area contributed by atoms with Gasteiger partial charge in [-0.2, -0.15) is 5.26 Å². The van der Waals surface area contributed by atoms with Crippen LogP contribution >= 0.6 is 0 Å². The number of hydrogen-bond donors (Lipinski definition) is 0. The summed E-state index contributed by atoms with van der Waals surface area (Å²) in [5.74, 6) is 0. The molecule has 0 fully saturated rings. The molecule has 24 heavy (non-hydrogen) atoms. The van der Waals surface area contributed by atoms with Crippen molar-refractivity contribution in [2.75, 3.05) is 18.0 Å². The monoisotopic (exact) mass is 319 g/mol.